The lowest BCUT2D eigenvalue weighted by atomic mass is 10.1. The summed E-state index contributed by atoms with van der Waals surface area (Å²) in [6.45, 7) is 6.92. The van der Waals surface area contributed by atoms with Crippen LogP contribution in [0.4, 0.5) is 0 Å². The number of hydrogen-bond acceptors (Lipinski definition) is 3. The van der Waals surface area contributed by atoms with Crippen molar-refractivity contribution in [3.63, 3.8) is 0 Å². The van der Waals surface area contributed by atoms with Crippen LogP contribution in [0.1, 0.15) is 27.9 Å². The van der Waals surface area contributed by atoms with E-state index >= 15 is 0 Å². The molecule has 0 aliphatic carbocycles. The zero-order valence-electron chi connectivity index (χ0n) is 14.2. The minimum atomic E-state index is 0.666. The van der Waals surface area contributed by atoms with Crippen LogP contribution in [0.5, 0.6) is 0 Å². The zero-order chi connectivity index (χ0) is 16.9. The third kappa shape index (κ3) is 3.89. The molecule has 3 aromatic rings. The van der Waals surface area contributed by atoms with Crippen molar-refractivity contribution >= 4 is 17.6 Å². The molecule has 0 radical (unpaired) electrons. The van der Waals surface area contributed by atoms with Gasteiger partial charge in [0.1, 0.15) is 0 Å². The molecule has 0 aliphatic heterocycles. The molecule has 0 amide bonds. The first-order valence-corrected chi connectivity index (χ1v) is 8.84. The van der Waals surface area contributed by atoms with E-state index in [4.69, 9.17) is 4.99 Å². The largest absolute Gasteiger partial charge is 0.253 e. The van der Waals surface area contributed by atoms with Crippen molar-refractivity contribution in [3.05, 3.63) is 86.7 Å². The number of aromatic nitrogens is 1. The average molecular weight is 335 g/mol. The van der Waals surface area contributed by atoms with E-state index < -0.39 is 0 Å². The van der Waals surface area contributed by atoms with E-state index in [0.717, 1.165) is 16.1 Å². The number of hydrogen-bond donors (Lipinski definition) is 0. The molecule has 0 spiro atoms. The second-order valence-electron chi connectivity index (χ2n) is 5.88. The molecule has 4 heteroatoms. The van der Waals surface area contributed by atoms with Gasteiger partial charge in [-0.2, -0.15) is 5.10 Å². The van der Waals surface area contributed by atoms with Crippen molar-refractivity contribution in [2.75, 3.05) is 0 Å². The fourth-order valence-electron chi connectivity index (χ4n) is 2.39. The maximum Gasteiger partial charge on any atom is 0.206 e. The summed E-state index contributed by atoms with van der Waals surface area (Å²) in [5.41, 5.74) is 5.90. The summed E-state index contributed by atoms with van der Waals surface area (Å²) in [4.78, 5) is 5.63. The van der Waals surface area contributed by atoms with Crippen LogP contribution in [-0.2, 0) is 6.54 Å². The molecule has 0 atom stereocenters. The van der Waals surface area contributed by atoms with Gasteiger partial charge in [-0.15, -0.1) is 11.3 Å². The third-order valence-corrected chi connectivity index (χ3v) is 4.81. The molecule has 0 fully saturated rings. The normalized spacial score (nSPS) is 12.2. The van der Waals surface area contributed by atoms with E-state index in [-0.39, 0.29) is 0 Å². The molecule has 0 unspecified atom stereocenters. The second-order valence-corrected chi connectivity index (χ2v) is 6.71. The van der Waals surface area contributed by atoms with Crippen molar-refractivity contribution in [3.8, 4) is 0 Å². The Labute approximate surface area is 146 Å². The lowest BCUT2D eigenvalue weighted by molar-refractivity contribution is 0.787. The van der Waals surface area contributed by atoms with E-state index in [1.54, 1.807) is 11.3 Å². The molecule has 24 heavy (non-hydrogen) atoms. The molecule has 2 aromatic carbocycles. The second kappa shape index (κ2) is 7.41. The van der Waals surface area contributed by atoms with Gasteiger partial charge in [-0.1, -0.05) is 54.1 Å². The molecule has 1 aromatic heterocycles. The Balaban J connectivity index is 1.90. The predicted octanol–water partition coefficient (Wildman–Crippen LogP) is 4.46. The first-order chi connectivity index (χ1) is 11.6. The maximum absolute atomic E-state index is 4.72. The van der Waals surface area contributed by atoms with Gasteiger partial charge < -0.3 is 0 Å². The maximum atomic E-state index is 4.72. The van der Waals surface area contributed by atoms with E-state index in [2.05, 4.69) is 61.6 Å². The minimum absolute atomic E-state index is 0.666. The molecule has 0 N–H and O–H groups in total. The van der Waals surface area contributed by atoms with E-state index in [9.17, 15) is 0 Å². The standard InChI is InChI=1S/C20H21N3S/c1-15-9-10-16(2)19(11-15)13-22-23-17(3)14-24-20(23)21-12-18-7-5-4-6-8-18/h4-11,13-14H,12H2,1-3H3. The highest BCUT2D eigenvalue weighted by Crippen LogP contribution is 2.09. The van der Waals surface area contributed by atoms with Gasteiger partial charge in [-0.05, 0) is 37.5 Å². The Hall–Kier alpha value is -2.46. The summed E-state index contributed by atoms with van der Waals surface area (Å²) in [6, 6.07) is 16.7. The van der Waals surface area contributed by atoms with Gasteiger partial charge >= 0.3 is 0 Å². The molecule has 3 rings (SSSR count). The lowest BCUT2D eigenvalue weighted by Crippen LogP contribution is -2.12. The first kappa shape index (κ1) is 16.4. The molecule has 0 saturated heterocycles. The first-order valence-electron chi connectivity index (χ1n) is 7.96. The smallest absolute Gasteiger partial charge is 0.206 e. The van der Waals surface area contributed by atoms with Gasteiger partial charge in [0.2, 0.25) is 4.80 Å². The molecule has 0 aliphatic rings. The van der Waals surface area contributed by atoms with E-state index in [1.165, 1.54) is 16.7 Å². The molecule has 0 saturated carbocycles. The van der Waals surface area contributed by atoms with Crippen LogP contribution in [0.2, 0.25) is 0 Å². The van der Waals surface area contributed by atoms with Crippen molar-refractivity contribution in [1.82, 2.24) is 4.68 Å². The number of rotatable bonds is 4. The van der Waals surface area contributed by atoms with Crippen LogP contribution in [0.25, 0.3) is 0 Å². The highest BCUT2D eigenvalue weighted by molar-refractivity contribution is 7.07. The number of aryl methyl sites for hydroxylation is 3. The number of nitrogens with zero attached hydrogens (tertiary/aromatic N) is 3. The summed E-state index contributed by atoms with van der Waals surface area (Å²) in [5.74, 6) is 0. The Bertz CT molecular complexity index is 918. The molecule has 122 valence electrons. The van der Waals surface area contributed by atoms with Gasteiger partial charge in [0.25, 0.3) is 0 Å². The fourth-order valence-corrected chi connectivity index (χ4v) is 3.20. The average Bonchev–Trinajstić information content (AvgIpc) is 2.95. The van der Waals surface area contributed by atoms with Crippen LogP contribution in [0, 0.1) is 20.8 Å². The molecule has 3 nitrogen and oxygen atoms in total. The summed E-state index contributed by atoms with van der Waals surface area (Å²) >= 11 is 1.62. The fraction of sp³-hybridized carbons (Fsp3) is 0.200. The summed E-state index contributed by atoms with van der Waals surface area (Å²) in [6.07, 6.45) is 1.92. The Morgan fingerprint density at radius 2 is 1.83 bits per heavy atom. The molecule has 1 heterocycles. The summed E-state index contributed by atoms with van der Waals surface area (Å²) < 4.78 is 1.91. The van der Waals surface area contributed by atoms with Crippen LogP contribution < -0.4 is 4.80 Å². The molecule has 0 bridgehead atoms. The summed E-state index contributed by atoms with van der Waals surface area (Å²) in [5, 5.41) is 6.75. The number of benzene rings is 2. The van der Waals surface area contributed by atoms with Crippen molar-refractivity contribution in [2.45, 2.75) is 27.3 Å². The van der Waals surface area contributed by atoms with E-state index in [1.807, 2.05) is 29.1 Å². The monoisotopic (exact) mass is 335 g/mol. The third-order valence-electron chi connectivity index (χ3n) is 3.84. The van der Waals surface area contributed by atoms with E-state index in [0.29, 0.717) is 6.54 Å². The van der Waals surface area contributed by atoms with Crippen molar-refractivity contribution < 1.29 is 0 Å². The van der Waals surface area contributed by atoms with Gasteiger partial charge in [-0.25, -0.2) is 4.68 Å². The summed E-state index contributed by atoms with van der Waals surface area (Å²) in [7, 11) is 0. The van der Waals surface area contributed by atoms with Crippen molar-refractivity contribution in [1.29, 1.82) is 0 Å². The van der Waals surface area contributed by atoms with Crippen molar-refractivity contribution in [2.24, 2.45) is 10.1 Å². The quantitative estimate of drug-likeness (QED) is 0.630. The van der Waals surface area contributed by atoms with Crippen LogP contribution in [0.3, 0.4) is 0 Å². The Kier molecular flexibility index (Phi) is 5.06. The van der Waals surface area contributed by atoms with Crippen LogP contribution >= 0.6 is 11.3 Å². The molecular weight excluding hydrogens is 314 g/mol. The number of thiazole rings is 1. The van der Waals surface area contributed by atoms with Crippen LogP contribution in [0.15, 0.2) is 64.0 Å². The van der Waals surface area contributed by atoms with Gasteiger partial charge in [0, 0.05) is 5.38 Å². The lowest BCUT2D eigenvalue weighted by Gasteiger charge is -2.02. The van der Waals surface area contributed by atoms with Gasteiger partial charge in [-0.3, -0.25) is 4.99 Å². The highest BCUT2D eigenvalue weighted by atomic mass is 32.1. The Morgan fingerprint density at radius 3 is 2.62 bits per heavy atom. The van der Waals surface area contributed by atoms with Crippen LogP contribution in [-0.4, -0.2) is 10.9 Å². The predicted molar refractivity (Wildman–Crippen MR) is 102 cm³/mol. The van der Waals surface area contributed by atoms with Gasteiger partial charge in [0.05, 0.1) is 18.5 Å². The van der Waals surface area contributed by atoms with Gasteiger partial charge in [0.15, 0.2) is 0 Å². The molecular formula is C20H21N3S. The zero-order valence-corrected chi connectivity index (χ0v) is 15.0. The topological polar surface area (TPSA) is 29.6 Å². The Morgan fingerprint density at radius 1 is 1.04 bits per heavy atom. The highest BCUT2D eigenvalue weighted by Gasteiger charge is 2.00. The SMILES string of the molecule is Cc1ccc(C)c(C=Nn2c(C)csc2=NCc2ccccc2)c1. The minimum Gasteiger partial charge on any atom is -0.253 e.